The smallest absolute Gasteiger partial charge is 0.236 e. The number of benzene rings is 2. The Kier molecular flexibility index (Phi) is 4.90. The summed E-state index contributed by atoms with van der Waals surface area (Å²) in [5, 5.41) is 0.575. The lowest BCUT2D eigenvalue weighted by atomic mass is 9.86. The SMILES string of the molecule is C=CCN1C(=O)[C@H]2[C@H](C1=O)[C@@H](C(=O)c1cccc(OC)c1)N1c3ccc(Cl)cc3C=C[C@H]21. The number of Topliss-reactive ketones (excluding diaryl/α,β-unsaturated/α-hetero) is 1. The van der Waals surface area contributed by atoms with Gasteiger partial charge in [0, 0.05) is 22.8 Å². The number of anilines is 1. The number of ketones is 1. The van der Waals surface area contributed by atoms with Crippen LogP contribution in [0.3, 0.4) is 0 Å². The average Bonchev–Trinajstić information content (AvgIpc) is 3.27. The van der Waals surface area contributed by atoms with Crippen molar-refractivity contribution in [1.29, 1.82) is 0 Å². The van der Waals surface area contributed by atoms with Crippen molar-refractivity contribution in [3.05, 3.63) is 77.3 Å². The molecule has 0 aliphatic carbocycles. The fourth-order valence-electron chi connectivity index (χ4n) is 5.16. The third-order valence-electron chi connectivity index (χ3n) is 6.49. The summed E-state index contributed by atoms with van der Waals surface area (Å²) in [6.07, 6.45) is 5.34. The van der Waals surface area contributed by atoms with E-state index in [1.54, 1.807) is 30.3 Å². The molecular weight excluding hydrogens is 428 g/mol. The lowest BCUT2D eigenvalue weighted by Crippen LogP contribution is -2.48. The Balaban J connectivity index is 1.66. The highest BCUT2D eigenvalue weighted by Crippen LogP contribution is 2.49. The van der Waals surface area contributed by atoms with Gasteiger partial charge in [-0.05, 0) is 35.9 Å². The molecule has 0 spiro atoms. The summed E-state index contributed by atoms with van der Waals surface area (Å²) in [6.45, 7) is 3.80. The van der Waals surface area contributed by atoms with Crippen LogP contribution in [0.4, 0.5) is 5.69 Å². The van der Waals surface area contributed by atoms with E-state index in [1.807, 2.05) is 29.2 Å². The van der Waals surface area contributed by atoms with Crippen molar-refractivity contribution in [2.45, 2.75) is 12.1 Å². The van der Waals surface area contributed by atoms with E-state index < -0.39 is 23.9 Å². The Morgan fingerprint density at radius 1 is 1.16 bits per heavy atom. The van der Waals surface area contributed by atoms with Crippen molar-refractivity contribution in [3.63, 3.8) is 0 Å². The monoisotopic (exact) mass is 448 g/mol. The number of carbonyl (C=O) groups is 3. The molecule has 0 N–H and O–H groups in total. The first-order valence-corrected chi connectivity index (χ1v) is 10.7. The van der Waals surface area contributed by atoms with Crippen molar-refractivity contribution in [2.75, 3.05) is 18.6 Å². The van der Waals surface area contributed by atoms with Crippen LogP contribution in [0.25, 0.3) is 6.08 Å². The number of rotatable bonds is 5. The first-order chi connectivity index (χ1) is 15.5. The van der Waals surface area contributed by atoms with Crippen molar-refractivity contribution in [2.24, 2.45) is 11.8 Å². The van der Waals surface area contributed by atoms with Crippen LogP contribution in [0.1, 0.15) is 15.9 Å². The predicted octanol–water partition coefficient (Wildman–Crippen LogP) is 3.60. The van der Waals surface area contributed by atoms with Gasteiger partial charge in [0.05, 0.1) is 25.0 Å². The zero-order chi connectivity index (χ0) is 22.6. The molecule has 3 aliphatic rings. The maximum atomic E-state index is 13.9. The molecule has 7 heteroatoms. The van der Waals surface area contributed by atoms with Crippen LogP contribution in [0, 0.1) is 11.8 Å². The summed E-state index contributed by atoms with van der Waals surface area (Å²) in [4.78, 5) is 43.6. The van der Waals surface area contributed by atoms with E-state index in [2.05, 4.69) is 6.58 Å². The van der Waals surface area contributed by atoms with Gasteiger partial charge in [0.1, 0.15) is 11.8 Å². The summed E-state index contributed by atoms with van der Waals surface area (Å²) < 4.78 is 5.29. The number of amides is 2. The van der Waals surface area contributed by atoms with Crippen molar-refractivity contribution in [1.82, 2.24) is 4.90 Å². The second-order valence-electron chi connectivity index (χ2n) is 8.13. The van der Waals surface area contributed by atoms with E-state index in [0.717, 1.165) is 11.3 Å². The van der Waals surface area contributed by atoms with Crippen LogP contribution in [0.15, 0.2) is 61.2 Å². The normalized spacial score (nSPS) is 25.4. The van der Waals surface area contributed by atoms with E-state index in [4.69, 9.17) is 16.3 Å². The van der Waals surface area contributed by atoms with E-state index in [-0.39, 0.29) is 24.1 Å². The molecule has 6 nitrogen and oxygen atoms in total. The van der Waals surface area contributed by atoms with Gasteiger partial charge in [-0.25, -0.2) is 0 Å². The molecule has 2 fully saturated rings. The van der Waals surface area contributed by atoms with Crippen LogP contribution in [-0.2, 0) is 9.59 Å². The molecule has 0 unspecified atom stereocenters. The zero-order valence-electron chi connectivity index (χ0n) is 17.4. The second-order valence-corrected chi connectivity index (χ2v) is 8.56. The largest absolute Gasteiger partial charge is 0.497 e. The Hall–Kier alpha value is -3.38. The fourth-order valence-corrected chi connectivity index (χ4v) is 5.34. The predicted molar refractivity (Wildman–Crippen MR) is 122 cm³/mol. The number of fused-ring (bicyclic) bond motifs is 5. The van der Waals surface area contributed by atoms with E-state index >= 15 is 0 Å². The maximum Gasteiger partial charge on any atom is 0.236 e. The molecular formula is C25H21ClN2O4. The molecule has 3 aliphatic heterocycles. The lowest BCUT2D eigenvalue weighted by Gasteiger charge is -2.36. The number of carbonyl (C=O) groups excluding carboxylic acids is 3. The summed E-state index contributed by atoms with van der Waals surface area (Å²) in [5.74, 6) is -1.69. The van der Waals surface area contributed by atoms with Gasteiger partial charge in [-0.1, -0.05) is 42.0 Å². The highest BCUT2D eigenvalue weighted by atomic mass is 35.5. The lowest BCUT2D eigenvalue weighted by molar-refractivity contribution is -0.139. The van der Waals surface area contributed by atoms with Crippen LogP contribution in [-0.4, -0.2) is 48.2 Å². The number of imide groups is 1. The Labute approximate surface area is 190 Å². The first-order valence-electron chi connectivity index (χ1n) is 10.4. The van der Waals surface area contributed by atoms with Crippen molar-refractivity contribution in [3.8, 4) is 5.75 Å². The maximum absolute atomic E-state index is 13.9. The highest BCUT2D eigenvalue weighted by Gasteiger charge is 2.63. The van der Waals surface area contributed by atoms with Crippen LogP contribution >= 0.6 is 11.6 Å². The average molecular weight is 449 g/mol. The minimum Gasteiger partial charge on any atom is -0.497 e. The molecule has 0 aromatic heterocycles. The van der Waals surface area contributed by atoms with E-state index in [0.29, 0.717) is 16.3 Å². The highest BCUT2D eigenvalue weighted by molar-refractivity contribution is 6.30. The quantitative estimate of drug-likeness (QED) is 0.397. The molecule has 2 aromatic carbocycles. The van der Waals surface area contributed by atoms with Gasteiger partial charge in [-0.15, -0.1) is 6.58 Å². The topological polar surface area (TPSA) is 66.9 Å². The number of hydrogen-bond donors (Lipinski definition) is 0. The van der Waals surface area contributed by atoms with E-state index in [1.165, 1.54) is 18.1 Å². The summed E-state index contributed by atoms with van der Waals surface area (Å²) in [5.41, 5.74) is 2.06. The van der Waals surface area contributed by atoms with Crippen molar-refractivity contribution < 1.29 is 19.1 Å². The number of methoxy groups -OCH3 is 1. The van der Waals surface area contributed by atoms with Crippen LogP contribution in [0.5, 0.6) is 5.75 Å². The Morgan fingerprint density at radius 2 is 1.94 bits per heavy atom. The first kappa shape index (κ1) is 20.5. The Morgan fingerprint density at radius 3 is 2.69 bits per heavy atom. The number of halogens is 1. The van der Waals surface area contributed by atoms with Gasteiger partial charge in [0.2, 0.25) is 11.8 Å². The molecule has 32 heavy (non-hydrogen) atoms. The van der Waals surface area contributed by atoms with E-state index in [9.17, 15) is 14.4 Å². The third kappa shape index (κ3) is 2.90. The molecule has 3 heterocycles. The number of ether oxygens (including phenoxy) is 1. The molecule has 0 bridgehead atoms. The van der Waals surface area contributed by atoms with Gasteiger partial charge in [0.15, 0.2) is 5.78 Å². The van der Waals surface area contributed by atoms with Crippen LogP contribution < -0.4 is 9.64 Å². The number of likely N-dealkylation sites (tertiary alicyclic amines) is 1. The standard InChI is InChI=1S/C25H21ClN2O4/c1-3-11-27-24(30)20-19-9-7-14-12-16(26)8-10-18(14)28(19)22(21(20)25(27)31)23(29)15-5-4-6-17(13-15)32-2/h3-10,12-13,19-22H,1,11H2,2H3/t19-,20-,21+,22+/m1/s1. The number of hydrogen-bond acceptors (Lipinski definition) is 5. The third-order valence-corrected chi connectivity index (χ3v) is 6.73. The van der Waals surface area contributed by atoms with Gasteiger partial charge < -0.3 is 9.64 Å². The summed E-state index contributed by atoms with van der Waals surface area (Å²) >= 11 is 6.19. The van der Waals surface area contributed by atoms with Gasteiger partial charge in [-0.2, -0.15) is 0 Å². The Bertz CT molecular complexity index is 1190. The molecule has 5 rings (SSSR count). The second kappa shape index (κ2) is 7.64. The van der Waals surface area contributed by atoms with Crippen molar-refractivity contribution >= 4 is 41.0 Å². The molecule has 0 saturated carbocycles. The van der Waals surface area contributed by atoms with Gasteiger partial charge >= 0.3 is 0 Å². The summed E-state index contributed by atoms with van der Waals surface area (Å²) in [6, 6.07) is 11.1. The molecule has 2 aromatic rings. The molecule has 4 atom stereocenters. The minimum atomic E-state index is -0.826. The zero-order valence-corrected chi connectivity index (χ0v) is 18.2. The van der Waals surface area contributed by atoms with Gasteiger partial charge in [0.25, 0.3) is 0 Å². The molecule has 0 radical (unpaired) electrons. The molecule has 2 saturated heterocycles. The molecule has 2 amide bonds. The van der Waals surface area contributed by atoms with Gasteiger partial charge in [-0.3, -0.25) is 19.3 Å². The summed E-state index contributed by atoms with van der Waals surface area (Å²) in [7, 11) is 1.53. The molecule has 162 valence electrons. The fraction of sp³-hybridized carbons (Fsp3) is 0.240. The van der Waals surface area contributed by atoms with Crippen LogP contribution in [0.2, 0.25) is 5.02 Å². The number of nitrogens with zero attached hydrogens (tertiary/aromatic N) is 2. The minimum absolute atomic E-state index is 0.132.